The highest BCUT2D eigenvalue weighted by Gasteiger charge is 2.01. The van der Waals surface area contributed by atoms with Crippen LogP contribution in [0, 0.1) is 0 Å². The van der Waals surface area contributed by atoms with Crippen molar-refractivity contribution in [1.29, 1.82) is 0 Å². The van der Waals surface area contributed by atoms with E-state index in [-0.39, 0.29) is 0 Å². The fourth-order valence-electron chi connectivity index (χ4n) is 1.12. The molecule has 15 heavy (non-hydrogen) atoms. The predicted octanol–water partition coefficient (Wildman–Crippen LogP) is 2.99. The first-order valence-corrected chi connectivity index (χ1v) is 5.52. The van der Waals surface area contributed by atoms with E-state index in [1.165, 1.54) is 0 Å². The summed E-state index contributed by atoms with van der Waals surface area (Å²) in [6, 6.07) is 5.62. The average Bonchev–Trinajstić information content (AvgIpc) is 2.19. The highest BCUT2D eigenvalue weighted by Crippen LogP contribution is 2.25. The number of halogens is 1. The highest BCUT2D eigenvalue weighted by molar-refractivity contribution is 9.11. The molecule has 0 unspecified atom stereocenters. The lowest BCUT2D eigenvalue weighted by Gasteiger charge is -2.10. The number of nitrogens with two attached hydrogens (primary N) is 1. The number of ether oxygens (including phenoxy) is 1. The summed E-state index contributed by atoms with van der Waals surface area (Å²) in [6.07, 6.45) is 0. The van der Waals surface area contributed by atoms with E-state index in [4.69, 9.17) is 10.5 Å². The number of benzene rings is 1. The lowest BCUT2D eigenvalue weighted by Crippen LogP contribution is -2.02. The first-order chi connectivity index (χ1) is 7.13. The van der Waals surface area contributed by atoms with E-state index < -0.39 is 0 Å². The minimum atomic E-state index is 0.610. The third kappa shape index (κ3) is 3.83. The summed E-state index contributed by atoms with van der Waals surface area (Å²) >= 11 is 3.28. The molecule has 0 aliphatic carbocycles. The summed E-state index contributed by atoms with van der Waals surface area (Å²) in [5.74, 6) is 0.711. The van der Waals surface area contributed by atoms with Crippen molar-refractivity contribution in [3.63, 3.8) is 0 Å². The van der Waals surface area contributed by atoms with Crippen LogP contribution >= 0.6 is 15.9 Å². The maximum Gasteiger partial charge on any atom is 0.144 e. The van der Waals surface area contributed by atoms with E-state index in [2.05, 4.69) is 27.8 Å². The molecule has 0 bridgehead atoms. The van der Waals surface area contributed by atoms with Crippen LogP contribution in [0.25, 0.3) is 0 Å². The van der Waals surface area contributed by atoms with Crippen LogP contribution in [0.1, 0.15) is 6.92 Å². The molecule has 3 nitrogen and oxygen atoms in total. The Labute approximate surface area is 98.4 Å². The second-order valence-corrected chi connectivity index (χ2v) is 4.18. The van der Waals surface area contributed by atoms with Gasteiger partial charge in [0.2, 0.25) is 0 Å². The van der Waals surface area contributed by atoms with Crippen LogP contribution in [0.2, 0.25) is 0 Å². The van der Waals surface area contributed by atoms with Crippen LogP contribution in [0.15, 0.2) is 29.3 Å². The van der Waals surface area contributed by atoms with Gasteiger partial charge in [0.15, 0.2) is 0 Å². The Hall–Kier alpha value is -1.16. The van der Waals surface area contributed by atoms with E-state index in [0.29, 0.717) is 24.6 Å². The molecule has 0 aromatic heterocycles. The van der Waals surface area contributed by atoms with Gasteiger partial charge in [-0.25, -0.2) is 0 Å². The van der Waals surface area contributed by atoms with Crippen molar-refractivity contribution in [3.05, 3.63) is 29.3 Å². The van der Waals surface area contributed by atoms with Crippen molar-refractivity contribution in [2.75, 3.05) is 24.2 Å². The molecule has 0 radical (unpaired) electrons. The van der Waals surface area contributed by atoms with E-state index in [1.807, 2.05) is 25.1 Å². The quantitative estimate of drug-likeness (QED) is 0.809. The highest BCUT2D eigenvalue weighted by atomic mass is 79.9. The van der Waals surface area contributed by atoms with Gasteiger partial charge in [-0.2, -0.15) is 0 Å². The molecule has 82 valence electrons. The second-order valence-electron chi connectivity index (χ2n) is 3.06. The smallest absolute Gasteiger partial charge is 0.144 e. The summed E-state index contributed by atoms with van der Waals surface area (Å²) in [4.78, 5) is 0. The van der Waals surface area contributed by atoms with Gasteiger partial charge in [0.1, 0.15) is 5.75 Å². The summed E-state index contributed by atoms with van der Waals surface area (Å²) in [5.41, 5.74) is 7.37. The van der Waals surface area contributed by atoms with Gasteiger partial charge >= 0.3 is 0 Å². The minimum absolute atomic E-state index is 0.610. The van der Waals surface area contributed by atoms with Crippen LogP contribution in [0.3, 0.4) is 0 Å². The van der Waals surface area contributed by atoms with Crippen LogP contribution in [0.5, 0.6) is 5.75 Å². The van der Waals surface area contributed by atoms with Crippen molar-refractivity contribution in [2.45, 2.75) is 6.92 Å². The molecular formula is C11H15BrN2O. The standard InChI is InChI=1S/C11H15BrN2O/c1-3-15-11-6-9(4-5-10(11)13)14-7-8(2)12/h4-6,14H,2-3,7,13H2,1H3. The average molecular weight is 271 g/mol. The third-order valence-electron chi connectivity index (χ3n) is 1.80. The molecule has 1 aromatic carbocycles. The molecule has 0 atom stereocenters. The van der Waals surface area contributed by atoms with Crippen molar-refractivity contribution in [1.82, 2.24) is 0 Å². The van der Waals surface area contributed by atoms with E-state index >= 15 is 0 Å². The summed E-state index contributed by atoms with van der Waals surface area (Å²) in [6.45, 7) is 6.96. The molecule has 1 rings (SSSR count). The fourth-order valence-corrected chi connectivity index (χ4v) is 1.26. The Morgan fingerprint density at radius 3 is 2.93 bits per heavy atom. The zero-order chi connectivity index (χ0) is 11.3. The lowest BCUT2D eigenvalue weighted by atomic mass is 10.2. The number of anilines is 2. The van der Waals surface area contributed by atoms with E-state index in [1.54, 1.807) is 0 Å². The normalized spacial score (nSPS) is 9.73. The molecule has 0 amide bonds. The Bertz CT molecular complexity index is 352. The van der Waals surface area contributed by atoms with Gasteiger partial charge in [-0.1, -0.05) is 22.5 Å². The molecule has 0 spiro atoms. The molecule has 0 aliphatic rings. The lowest BCUT2D eigenvalue weighted by molar-refractivity contribution is 0.342. The van der Waals surface area contributed by atoms with Crippen molar-refractivity contribution in [3.8, 4) is 5.75 Å². The zero-order valence-corrected chi connectivity index (χ0v) is 10.3. The van der Waals surface area contributed by atoms with Gasteiger partial charge in [-0.3, -0.25) is 0 Å². The van der Waals surface area contributed by atoms with Crippen molar-refractivity contribution in [2.24, 2.45) is 0 Å². The van der Waals surface area contributed by atoms with E-state index in [9.17, 15) is 0 Å². The van der Waals surface area contributed by atoms with Crippen LogP contribution < -0.4 is 15.8 Å². The second kappa shape index (κ2) is 5.66. The number of nitrogens with one attached hydrogen (secondary N) is 1. The molecule has 0 saturated heterocycles. The molecule has 0 saturated carbocycles. The SMILES string of the molecule is C=C(Br)CNc1ccc(N)c(OCC)c1. The van der Waals surface area contributed by atoms with Crippen molar-refractivity contribution < 1.29 is 4.74 Å². The number of rotatable bonds is 5. The van der Waals surface area contributed by atoms with E-state index in [0.717, 1.165) is 10.2 Å². The van der Waals surface area contributed by atoms with Crippen LogP contribution in [0.4, 0.5) is 11.4 Å². The molecular weight excluding hydrogens is 256 g/mol. The van der Waals surface area contributed by atoms with Gasteiger partial charge < -0.3 is 15.8 Å². The first kappa shape index (κ1) is 11.9. The molecule has 4 heteroatoms. The van der Waals surface area contributed by atoms with Crippen LogP contribution in [-0.4, -0.2) is 13.2 Å². The number of nitrogen functional groups attached to an aromatic ring is 1. The molecule has 0 fully saturated rings. The maximum atomic E-state index is 5.75. The van der Waals surface area contributed by atoms with Gasteiger partial charge in [0, 0.05) is 22.8 Å². The molecule has 0 aliphatic heterocycles. The molecule has 3 N–H and O–H groups in total. The third-order valence-corrected chi connectivity index (χ3v) is 2.08. The zero-order valence-electron chi connectivity index (χ0n) is 8.72. The molecule has 0 heterocycles. The molecule has 1 aromatic rings. The largest absolute Gasteiger partial charge is 0.492 e. The monoisotopic (exact) mass is 270 g/mol. The number of hydrogen-bond donors (Lipinski definition) is 2. The Morgan fingerprint density at radius 2 is 2.33 bits per heavy atom. The first-order valence-electron chi connectivity index (χ1n) is 4.73. The topological polar surface area (TPSA) is 47.3 Å². The summed E-state index contributed by atoms with van der Waals surface area (Å²) < 4.78 is 6.29. The van der Waals surface area contributed by atoms with Gasteiger partial charge in [0.05, 0.1) is 12.3 Å². The predicted molar refractivity (Wildman–Crippen MR) is 68.6 cm³/mol. The van der Waals surface area contributed by atoms with Gasteiger partial charge in [-0.05, 0) is 19.1 Å². The number of hydrogen-bond acceptors (Lipinski definition) is 3. The fraction of sp³-hybridized carbons (Fsp3) is 0.273. The Balaban J connectivity index is 2.73. The summed E-state index contributed by atoms with van der Waals surface area (Å²) in [5, 5.41) is 3.19. The maximum absolute atomic E-state index is 5.75. The van der Waals surface area contributed by atoms with Crippen LogP contribution in [-0.2, 0) is 0 Å². The van der Waals surface area contributed by atoms with Gasteiger partial charge in [0.25, 0.3) is 0 Å². The van der Waals surface area contributed by atoms with Crippen molar-refractivity contribution >= 4 is 27.3 Å². The Morgan fingerprint density at radius 1 is 1.60 bits per heavy atom. The Kier molecular flexibility index (Phi) is 4.49. The summed E-state index contributed by atoms with van der Waals surface area (Å²) in [7, 11) is 0. The van der Waals surface area contributed by atoms with Gasteiger partial charge in [-0.15, -0.1) is 0 Å². The minimum Gasteiger partial charge on any atom is -0.492 e.